The molecule has 1 fully saturated rings. The van der Waals surface area contributed by atoms with E-state index in [4.69, 9.17) is 11.6 Å². The van der Waals surface area contributed by atoms with Gasteiger partial charge in [0, 0.05) is 25.2 Å². The number of rotatable bonds is 6. The Kier molecular flexibility index (Phi) is 5.73. The molecule has 162 valence electrons. The molecule has 31 heavy (non-hydrogen) atoms. The van der Waals surface area contributed by atoms with Crippen molar-refractivity contribution in [1.29, 1.82) is 0 Å². The van der Waals surface area contributed by atoms with Crippen molar-refractivity contribution in [2.75, 3.05) is 11.4 Å². The molecule has 3 heterocycles. The van der Waals surface area contributed by atoms with Gasteiger partial charge in [-0.2, -0.15) is 9.78 Å². The fraction of sp³-hybridized carbons (Fsp3) is 0.400. The van der Waals surface area contributed by atoms with E-state index in [0.717, 1.165) is 36.4 Å². The molecule has 0 aliphatic carbocycles. The van der Waals surface area contributed by atoms with Gasteiger partial charge in [0.1, 0.15) is 11.3 Å². The van der Waals surface area contributed by atoms with Gasteiger partial charge in [0.2, 0.25) is 0 Å². The third-order valence-corrected chi connectivity index (χ3v) is 5.63. The van der Waals surface area contributed by atoms with E-state index in [1.807, 2.05) is 4.57 Å². The number of benzene rings is 1. The first kappa shape index (κ1) is 21.0. The van der Waals surface area contributed by atoms with Crippen LogP contribution in [0.3, 0.4) is 0 Å². The Morgan fingerprint density at radius 1 is 1.29 bits per heavy atom. The van der Waals surface area contributed by atoms with Crippen molar-refractivity contribution in [2.24, 2.45) is 5.92 Å². The zero-order chi connectivity index (χ0) is 22.1. The Labute approximate surface area is 183 Å². The molecule has 1 unspecified atom stereocenters. The van der Waals surface area contributed by atoms with Crippen LogP contribution in [0.15, 0.2) is 41.6 Å². The highest BCUT2D eigenvalue weighted by atomic mass is 35.5. The summed E-state index contributed by atoms with van der Waals surface area (Å²) in [6.45, 7) is 5.80. The van der Waals surface area contributed by atoms with Gasteiger partial charge in [0.25, 0.3) is 11.2 Å². The summed E-state index contributed by atoms with van der Waals surface area (Å²) in [6.07, 6.45) is 5.10. The van der Waals surface area contributed by atoms with Crippen molar-refractivity contribution in [3.63, 3.8) is 0 Å². The monoisotopic (exact) mass is 443 g/mol. The molecular formula is C20H22ClN7O3. The van der Waals surface area contributed by atoms with Crippen LogP contribution in [-0.4, -0.2) is 36.0 Å². The summed E-state index contributed by atoms with van der Waals surface area (Å²) < 4.78 is 3.19. The first-order chi connectivity index (χ1) is 14.9. The summed E-state index contributed by atoms with van der Waals surface area (Å²) in [5.74, 6) is 1.29. The van der Waals surface area contributed by atoms with Crippen LogP contribution in [0, 0.1) is 16.0 Å². The Balaban J connectivity index is 1.67. The van der Waals surface area contributed by atoms with E-state index in [2.05, 4.69) is 34.0 Å². The Morgan fingerprint density at radius 3 is 2.71 bits per heavy atom. The molecule has 11 heteroatoms. The number of aromatic nitrogens is 5. The zero-order valence-electron chi connectivity index (χ0n) is 17.2. The number of anilines is 1. The third-order valence-electron chi connectivity index (χ3n) is 5.27. The minimum Gasteiger partial charge on any atom is -0.359 e. The number of nitro benzene ring substituents is 1. The van der Waals surface area contributed by atoms with Crippen LogP contribution in [0.4, 0.5) is 11.4 Å². The second-order valence-corrected chi connectivity index (χ2v) is 8.30. The lowest BCUT2D eigenvalue weighted by molar-refractivity contribution is -0.384. The van der Waals surface area contributed by atoms with Crippen molar-refractivity contribution < 1.29 is 4.92 Å². The summed E-state index contributed by atoms with van der Waals surface area (Å²) >= 11 is 6.49. The summed E-state index contributed by atoms with van der Waals surface area (Å²) in [4.78, 5) is 25.4. The number of nitrogens with zero attached hydrogens (tertiary/aromatic N) is 7. The third kappa shape index (κ3) is 4.02. The first-order valence-electron chi connectivity index (χ1n) is 10.0. The van der Waals surface area contributed by atoms with Crippen LogP contribution in [-0.2, 0) is 6.54 Å². The number of nitro groups is 1. The first-order valence-corrected chi connectivity index (χ1v) is 10.4. The quantitative estimate of drug-likeness (QED) is 0.424. The second kappa shape index (κ2) is 8.46. The SMILES string of the molecule is CC(C)Cn1cnnc1C1CCCN1c1cnn(-c2ccc([N+](=O)[O-])cc2)c(=O)c1Cl. The summed E-state index contributed by atoms with van der Waals surface area (Å²) in [5, 5.41) is 23.6. The largest absolute Gasteiger partial charge is 0.359 e. The van der Waals surface area contributed by atoms with E-state index >= 15 is 0 Å². The number of hydrogen-bond donors (Lipinski definition) is 0. The molecule has 0 saturated carbocycles. The summed E-state index contributed by atoms with van der Waals surface area (Å²) in [6, 6.07) is 5.54. The number of halogens is 1. The van der Waals surface area contributed by atoms with Crippen molar-refractivity contribution in [2.45, 2.75) is 39.3 Å². The molecule has 0 N–H and O–H groups in total. The zero-order valence-corrected chi connectivity index (χ0v) is 17.9. The van der Waals surface area contributed by atoms with Crippen molar-refractivity contribution in [3.8, 4) is 5.69 Å². The van der Waals surface area contributed by atoms with Gasteiger partial charge < -0.3 is 9.47 Å². The Hall–Kier alpha value is -3.27. The lowest BCUT2D eigenvalue weighted by atomic mass is 10.1. The normalized spacial score (nSPS) is 16.3. The van der Waals surface area contributed by atoms with Crippen LogP contribution >= 0.6 is 11.6 Å². The van der Waals surface area contributed by atoms with Gasteiger partial charge >= 0.3 is 0 Å². The molecule has 0 spiro atoms. The van der Waals surface area contributed by atoms with Gasteiger partial charge in [-0.15, -0.1) is 10.2 Å². The van der Waals surface area contributed by atoms with E-state index in [9.17, 15) is 14.9 Å². The molecule has 1 aliphatic rings. The van der Waals surface area contributed by atoms with E-state index in [1.165, 1.54) is 24.3 Å². The van der Waals surface area contributed by atoms with E-state index in [1.54, 1.807) is 12.5 Å². The molecule has 1 aromatic carbocycles. The second-order valence-electron chi connectivity index (χ2n) is 7.92. The fourth-order valence-electron chi connectivity index (χ4n) is 3.90. The molecule has 0 amide bonds. The smallest absolute Gasteiger partial charge is 0.292 e. The lowest BCUT2D eigenvalue weighted by Gasteiger charge is -2.27. The maximum absolute atomic E-state index is 12.9. The van der Waals surface area contributed by atoms with Gasteiger partial charge in [0.05, 0.1) is 28.5 Å². The molecule has 3 aromatic rings. The Morgan fingerprint density at radius 2 is 2.03 bits per heavy atom. The lowest BCUT2D eigenvalue weighted by Crippen LogP contribution is -2.30. The van der Waals surface area contributed by atoms with Crippen molar-refractivity contribution in [3.05, 3.63) is 68.1 Å². The van der Waals surface area contributed by atoms with E-state index < -0.39 is 10.5 Å². The van der Waals surface area contributed by atoms with Crippen LogP contribution < -0.4 is 10.5 Å². The van der Waals surface area contributed by atoms with E-state index in [-0.39, 0.29) is 16.8 Å². The van der Waals surface area contributed by atoms with Gasteiger partial charge in [0.15, 0.2) is 5.82 Å². The van der Waals surface area contributed by atoms with Crippen molar-refractivity contribution >= 4 is 23.0 Å². The van der Waals surface area contributed by atoms with Crippen LogP contribution in [0.25, 0.3) is 5.69 Å². The highest BCUT2D eigenvalue weighted by molar-refractivity contribution is 6.33. The van der Waals surface area contributed by atoms with Crippen molar-refractivity contribution in [1.82, 2.24) is 24.5 Å². The Bertz CT molecular complexity index is 1160. The molecule has 2 aromatic heterocycles. The van der Waals surface area contributed by atoms with Crippen LogP contribution in [0.5, 0.6) is 0 Å². The predicted molar refractivity (Wildman–Crippen MR) is 116 cm³/mol. The molecule has 1 aliphatic heterocycles. The molecular weight excluding hydrogens is 422 g/mol. The standard InChI is InChI=1S/C20H22ClN7O3/c1-13(2)11-25-12-22-24-19(25)16-4-3-9-26(16)17-10-23-27(20(29)18(17)21)14-5-7-15(8-6-14)28(30)31/h5-8,10,12-13,16H,3-4,9,11H2,1-2H3. The maximum Gasteiger partial charge on any atom is 0.292 e. The summed E-state index contributed by atoms with van der Waals surface area (Å²) in [7, 11) is 0. The average molecular weight is 444 g/mol. The summed E-state index contributed by atoms with van der Waals surface area (Å²) in [5.41, 5.74) is 0.400. The van der Waals surface area contributed by atoms with E-state index in [0.29, 0.717) is 17.3 Å². The molecule has 0 bridgehead atoms. The fourth-order valence-corrected chi connectivity index (χ4v) is 4.14. The highest BCUT2D eigenvalue weighted by Crippen LogP contribution is 2.37. The van der Waals surface area contributed by atoms with Gasteiger partial charge in [-0.25, -0.2) is 0 Å². The molecule has 1 saturated heterocycles. The molecule has 1 atom stereocenters. The topological polar surface area (TPSA) is 112 Å². The van der Waals surface area contributed by atoms with Gasteiger partial charge in [-0.3, -0.25) is 14.9 Å². The minimum atomic E-state index is -0.498. The number of hydrogen-bond acceptors (Lipinski definition) is 7. The maximum atomic E-state index is 12.9. The van der Waals surface area contributed by atoms with Crippen LogP contribution in [0.1, 0.15) is 38.6 Å². The molecule has 4 rings (SSSR count). The molecule has 10 nitrogen and oxygen atoms in total. The molecule has 0 radical (unpaired) electrons. The van der Waals surface area contributed by atoms with Crippen LogP contribution in [0.2, 0.25) is 5.02 Å². The average Bonchev–Trinajstić information content (AvgIpc) is 3.38. The minimum absolute atomic E-state index is 0.0461. The number of non-ortho nitro benzene ring substituents is 1. The predicted octanol–water partition coefficient (Wildman–Crippen LogP) is 3.38. The highest BCUT2D eigenvalue weighted by Gasteiger charge is 2.32. The van der Waals surface area contributed by atoms with Gasteiger partial charge in [-0.05, 0) is 30.9 Å². The van der Waals surface area contributed by atoms with Gasteiger partial charge in [-0.1, -0.05) is 25.4 Å².